The summed E-state index contributed by atoms with van der Waals surface area (Å²) in [4.78, 5) is 12.0. The normalized spacial score (nSPS) is 29.9. The van der Waals surface area contributed by atoms with Crippen LogP contribution in [0.5, 0.6) is 0 Å². The maximum absolute atomic E-state index is 12.0. The molecule has 4 heteroatoms. The highest BCUT2D eigenvalue weighted by Gasteiger charge is 2.47. The third-order valence-electron chi connectivity index (χ3n) is 3.80. The molecular weight excluding hydrogens is 302 g/mol. The lowest BCUT2D eigenvalue weighted by molar-refractivity contribution is -0.120. The average Bonchev–Trinajstić information content (AvgIpc) is 2.91. The van der Waals surface area contributed by atoms with E-state index in [1.807, 2.05) is 12.1 Å². The Bertz CT molecular complexity index is 466. The van der Waals surface area contributed by atoms with Crippen LogP contribution in [0.1, 0.15) is 19.3 Å². The Kier molecular flexibility index (Phi) is 2.91. The topological polar surface area (TPSA) is 29.1 Å². The number of amides is 1. The van der Waals surface area contributed by atoms with Gasteiger partial charge < -0.3 is 5.32 Å². The first-order chi connectivity index (χ1) is 8.13. The van der Waals surface area contributed by atoms with Crippen molar-refractivity contribution in [2.75, 3.05) is 5.32 Å². The van der Waals surface area contributed by atoms with Crippen molar-refractivity contribution in [2.45, 2.75) is 19.3 Å². The van der Waals surface area contributed by atoms with Crippen molar-refractivity contribution in [3.05, 3.63) is 27.7 Å². The van der Waals surface area contributed by atoms with Crippen molar-refractivity contribution in [3.63, 3.8) is 0 Å². The van der Waals surface area contributed by atoms with Gasteiger partial charge in [-0.2, -0.15) is 0 Å². The van der Waals surface area contributed by atoms with Gasteiger partial charge in [0.15, 0.2) is 0 Å². The molecule has 2 aliphatic carbocycles. The number of anilines is 1. The van der Waals surface area contributed by atoms with Gasteiger partial charge in [0.2, 0.25) is 5.91 Å². The molecule has 2 nitrogen and oxygen atoms in total. The Labute approximate surface area is 114 Å². The molecule has 0 heterocycles. The van der Waals surface area contributed by atoms with Gasteiger partial charge in [-0.25, -0.2) is 0 Å². The number of hydrogen-bond acceptors (Lipinski definition) is 1. The zero-order chi connectivity index (χ0) is 12.0. The zero-order valence-corrected chi connectivity index (χ0v) is 11.6. The third-order valence-corrected chi connectivity index (χ3v) is 5.02. The molecular formula is C13H13BrClNO. The van der Waals surface area contributed by atoms with Crippen molar-refractivity contribution >= 4 is 39.1 Å². The Morgan fingerprint density at radius 2 is 2.00 bits per heavy atom. The van der Waals surface area contributed by atoms with Gasteiger partial charge in [-0.05, 0) is 65.2 Å². The molecule has 1 N–H and O–H groups in total. The summed E-state index contributed by atoms with van der Waals surface area (Å²) in [5.74, 6) is 2.05. The fourth-order valence-corrected chi connectivity index (χ4v) is 3.24. The van der Waals surface area contributed by atoms with E-state index in [0.717, 1.165) is 34.8 Å². The Hall–Kier alpha value is -0.540. The monoisotopic (exact) mass is 313 g/mol. The van der Waals surface area contributed by atoms with Crippen LogP contribution < -0.4 is 5.32 Å². The number of benzene rings is 1. The van der Waals surface area contributed by atoms with Crippen LogP contribution >= 0.6 is 27.5 Å². The van der Waals surface area contributed by atoms with Crippen molar-refractivity contribution in [2.24, 2.45) is 17.8 Å². The van der Waals surface area contributed by atoms with Gasteiger partial charge in [-0.3, -0.25) is 4.79 Å². The molecule has 1 aromatic carbocycles. The Balaban J connectivity index is 1.65. The van der Waals surface area contributed by atoms with E-state index in [1.165, 1.54) is 6.42 Å². The van der Waals surface area contributed by atoms with Crippen LogP contribution in [0.2, 0.25) is 5.02 Å². The van der Waals surface area contributed by atoms with Gasteiger partial charge in [-0.1, -0.05) is 11.6 Å². The Morgan fingerprint density at radius 1 is 1.29 bits per heavy atom. The minimum absolute atomic E-state index is 0.159. The molecule has 90 valence electrons. The van der Waals surface area contributed by atoms with Crippen LogP contribution in [0.3, 0.4) is 0 Å². The summed E-state index contributed by atoms with van der Waals surface area (Å²) >= 11 is 9.26. The van der Waals surface area contributed by atoms with Crippen LogP contribution in [0.25, 0.3) is 0 Å². The molecule has 2 atom stereocenters. The highest BCUT2D eigenvalue weighted by Crippen LogP contribution is 2.54. The molecule has 3 rings (SSSR count). The standard InChI is InChI=1S/C13H13BrClNO/c14-11-6-10(1-2-12(11)15)16-13(17)9-4-7-3-8(7)5-9/h1-2,6-9H,3-5H2,(H,16,17). The molecule has 17 heavy (non-hydrogen) atoms. The van der Waals surface area contributed by atoms with E-state index in [1.54, 1.807) is 6.07 Å². The summed E-state index contributed by atoms with van der Waals surface area (Å²) in [7, 11) is 0. The highest BCUT2D eigenvalue weighted by molar-refractivity contribution is 9.10. The van der Waals surface area contributed by atoms with Crippen LogP contribution in [0.15, 0.2) is 22.7 Å². The molecule has 0 saturated heterocycles. The first-order valence-electron chi connectivity index (χ1n) is 5.89. The summed E-state index contributed by atoms with van der Waals surface area (Å²) in [6.07, 6.45) is 3.49. The van der Waals surface area contributed by atoms with Crippen molar-refractivity contribution in [1.82, 2.24) is 0 Å². The molecule has 0 bridgehead atoms. The van der Waals surface area contributed by atoms with E-state index in [2.05, 4.69) is 21.2 Å². The first-order valence-corrected chi connectivity index (χ1v) is 7.06. The van der Waals surface area contributed by atoms with Crippen molar-refractivity contribution < 1.29 is 4.79 Å². The predicted molar refractivity (Wildman–Crippen MR) is 72.1 cm³/mol. The quantitative estimate of drug-likeness (QED) is 0.875. The molecule has 0 spiro atoms. The van der Waals surface area contributed by atoms with Gasteiger partial charge in [0.1, 0.15) is 0 Å². The highest BCUT2D eigenvalue weighted by atomic mass is 79.9. The fraction of sp³-hybridized carbons (Fsp3) is 0.462. The average molecular weight is 315 g/mol. The molecule has 2 aliphatic rings. The van der Waals surface area contributed by atoms with Crippen LogP contribution in [0.4, 0.5) is 5.69 Å². The second-order valence-electron chi connectivity index (χ2n) is 5.04. The van der Waals surface area contributed by atoms with E-state index in [4.69, 9.17) is 11.6 Å². The molecule has 2 unspecified atom stereocenters. The number of nitrogens with one attached hydrogen (secondary N) is 1. The molecule has 1 aromatic rings. The number of carbonyl (C=O) groups is 1. The van der Waals surface area contributed by atoms with E-state index < -0.39 is 0 Å². The van der Waals surface area contributed by atoms with E-state index >= 15 is 0 Å². The van der Waals surface area contributed by atoms with E-state index in [0.29, 0.717) is 5.02 Å². The van der Waals surface area contributed by atoms with Crippen molar-refractivity contribution in [1.29, 1.82) is 0 Å². The number of fused-ring (bicyclic) bond motifs is 1. The lowest BCUT2D eigenvalue weighted by Crippen LogP contribution is -2.21. The maximum atomic E-state index is 12.0. The van der Waals surface area contributed by atoms with Gasteiger partial charge >= 0.3 is 0 Å². The Morgan fingerprint density at radius 3 is 2.65 bits per heavy atom. The largest absolute Gasteiger partial charge is 0.326 e. The summed E-state index contributed by atoms with van der Waals surface area (Å²) in [5.41, 5.74) is 0.812. The molecule has 2 fully saturated rings. The SMILES string of the molecule is O=C(Nc1ccc(Cl)c(Br)c1)C1CC2CC2C1. The molecule has 1 amide bonds. The van der Waals surface area contributed by atoms with Crippen LogP contribution in [-0.4, -0.2) is 5.91 Å². The lowest BCUT2D eigenvalue weighted by Gasteiger charge is -2.12. The summed E-state index contributed by atoms with van der Waals surface area (Å²) in [6.45, 7) is 0. The predicted octanol–water partition coefficient (Wildman–Crippen LogP) is 4.09. The maximum Gasteiger partial charge on any atom is 0.227 e. The lowest BCUT2D eigenvalue weighted by atomic mass is 10.0. The van der Waals surface area contributed by atoms with E-state index in [-0.39, 0.29) is 11.8 Å². The van der Waals surface area contributed by atoms with E-state index in [9.17, 15) is 4.79 Å². The third kappa shape index (κ3) is 2.36. The number of halogens is 2. The van der Waals surface area contributed by atoms with Gasteiger partial charge in [0.05, 0.1) is 5.02 Å². The van der Waals surface area contributed by atoms with Gasteiger partial charge in [0.25, 0.3) is 0 Å². The fourth-order valence-electron chi connectivity index (χ4n) is 2.75. The summed E-state index contributed by atoms with van der Waals surface area (Å²) in [5, 5.41) is 3.62. The number of rotatable bonds is 2. The first kappa shape index (κ1) is 11.5. The van der Waals surface area contributed by atoms with Gasteiger partial charge in [-0.15, -0.1) is 0 Å². The minimum Gasteiger partial charge on any atom is -0.326 e. The van der Waals surface area contributed by atoms with Gasteiger partial charge in [0, 0.05) is 16.1 Å². The minimum atomic E-state index is 0.159. The second kappa shape index (κ2) is 4.29. The molecule has 0 aliphatic heterocycles. The zero-order valence-electron chi connectivity index (χ0n) is 9.25. The van der Waals surface area contributed by atoms with Crippen LogP contribution in [0, 0.1) is 17.8 Å². The molecule has 2 saturated carbocycles. The molecule has 0 radical (unpaired) electrons. The number of hydrogen-bond donors (Lipinski definition) is 1. The second-order valence-corrected chi connectivity index (χ2v) is 6.30. The van der Waals surface area contributed by atoms with Crippen molar-refractivity contribution in [3.8, 4) is 0 Å². The number of carbonyl (C=O) groups excluding carboxylic acids is 1. The van der Waals surface area contributed by atoms with Crippen LogP contribution in [-0.2, 0) is 4.79 Å². The summed E-state index contributed by atoms with van der Waals surface area (Å²) < 4.78 is 0.811. The smallest absolute Gasteiger partial charge is 0.227 e. The summed E-state index contributed by atoms with van der Waals surface area (Å²) in [6, 6.07) is 5.46. The molecule has 0 aromatic heterocycles.